The van der Waals surface area contributed by atoms with Crippen molar-refractivity contribution in [2.24, 2.45) is 5.92 Å². The molecule has 3 unspecified atom stereocenters. The van der Waals surface area contributed by atoms with Gasteiger partial charge in [-0.2, -0.15) is 0 Å². The largest absolute Gasteiger partial charge is 0.481 e. The first-order chi connectivity index (χ1) is 8.90. The van der Waals surface area contributed by atoms with E-state index in [1.807, 2.05) is 13.8 Å². The minimum absolute atomic E-state index is 0.0632. The zero-order valence-corrected chi connectivity index (χ0v) is 12.1. The first-order valence-electron chi connectivity index (χ1n) is 7.19. The monoisotopic (exact) mass is 270 g/mol. The second-order valence-electron chi connectivity index (χ2n) is 5.74. The van der Waals surface area contributed by atoms with Crippen LogP contribution in [0.1, 0.15) is 52.9 Å². The van der Waals surface area contributed by atoms with Gasteiger partial charge in [-0.25, -0.2) is 0 Å². The molecule has 5 heteroatoms. The van der Waals surface area contributed by atoms with Crippen molar-refractivity contribution in [1.82, 2.24) is 10.6 Å². The third-order valence-corrected chi connectivity index (χ3v) is 3.55. The Labute approximate surface area is 115 Å². The van der Waals surface area contributed by atoms with Gasteiger partial charge in [0.05, 0.1) is 12.0 Å². The van der Waals surface area contributed by atoms with E-state index in [0.717, 1.165) is 25.7 Å². The fourth-order valence-electron chi connectivity index (χ4n) is 1.99. The number of hydrogen-bond donors (Lipinski definition) is 3. The van der Waals surface area contributed by atoms with E-state index in [2.05, 4.69) is 10.6 Å². The predicted octanol–water partition coefficient (Wildman–Crippen LogP) is 1.52. The molecule has 1 amide bonds. The maximum absolute atomic E-state index is 11.7. The van der Waals surface area contributed by atoms with Crippen LogP contribution in [-0.4, -0.2) is 35.1 Å². The summed E-state index contributed by atoms with van der Waals surface area (Å²) in [6, 6.07) is 0.428. The molecule has 0 heterocycles. The first kappa shape index (κ1) is 16.0. The number of hydrogen-bond acceptors (Lipinski definition) is 3. The van der Waals surface area contributed by atoms with Crippen molar-refractivity contribution in [3.8, 4) is 0 Å². The number of carbonyl (C=O) groups is 2. The number of carboxylic acids is 1. The van der Waals surface area contributed by atoms with E-state index < -0.39 is 5.97 Å². The molecule has 19 heavy (non-hydrogen) atoms. The zero-order chi connectivity index (χ0) is 14.4. The lowest BCUT2D eigenvalue weighted by Gasteiger charge is -2.20. The summed E-state index contributed by atoms with van der Waals surface area (Å²) < 4.78 is 0. The molecule has 0 spiro atoms. The van der Waals surface area contributed by atoms with Crippen molar-refractivity contribution in [1.29, 1.82) is 0 Å². The Balaban J connectivity index is 2.13. The number of carbonyl (C=O) groups excluding carboxylic acids is 1. The molecule has 0 aliphatic heterocycles. The number of carboxylic acid groups (broad SMARTS) is 1. The van der Waals surface area contributed by atoms with Crippen LogP contribution in [0.25, 0.3) is 0 Å². The van der Waals surface area contributed by atoms with Gasteiger partial charge in [-0.15, -0.1) is 0 Å². The molecule has 1 saturated carbocycles. The van der Waals surface area contributed by atoms with E-state index in [1.165, 1.54) is 0 Å². The molecule has 1 fully saturated rings. The first-order valence-corrected chi connectivity index (χ1v) is 7.19. The molecule has 0 saturated heterocycles. The molecule has 3 N–H and O–H groups in total. The maximum atomic E-state index is 11.7. The van der Waals surface area contributed by atoms with Crippen LogP contribution in [0.15, 0.2) is 0 Å². The highest BCUT2D eigenvalue weighted by Gasteiger charge is 2.25. The topological polar surface area (TPSA) is 78.4 Å². The standard InChI is InChI=1S/C14H26N2O3/c1-9(14(18)19)5-4-6-10(2)15-11(3)13(17)16-12-7-8-12/h9-12,15H,4-8H2,1-3H3,(H,16,17)(H,18,19). The number of rotatable bonds is 9. The minimum atomic E-state index is -0.738. The molecular weight excluding hydrogens is 244 g/mol. The second kappa shape index (κ2) is 7.48. The fraction of sp³-hybridized carbons (Fsp3) is 0.857. The second-order valence-corrected chi connectivity index (χ2v) is 5.74. The Hall–Kier alpha value is -1.10. The molecule has 1 aliphatic carbocycles. The Morgan fingerprint density at radius 1 is 1.21 bits per heavy atom. The van der Waals surface area contributed by atoms with Crippen molar-refractivity contribution < 1.29 is 14.7 Å². The number of nitrogens with one attached hydrogen (secondary N) is 2. The van der Waals surface area contributed by atoms with E-state index in [4.69, 9.17) is 5.11 Å². The lowest BCUT2D eigenvalue weighted by Crippen LogP contribution is -2.46. The van der Waals surface area contributed by atoms with E-state index in [-0.39, 0.29) is 23.9 Å². The highest BCUT2D eigenvalue weighted by atomic mass is 16.4. The van der Waals surface area contributed by atoms with Crippen molar-refractivity contribution in [2.75, 3.05) is 0 Å². The summed E-state index contributed by atoms with van der Waals surface area (Å²) in [4.78, 5) is 22.4. The van der Waals surface area contributed by atoms with Crippen LogP contribution in [-0.2, 0) is 9.59 Å². The summed E-state index contributed by atoms with van der Waals surface area (Å²) in [6.07, 6.45) is 4.63. The summed E-state index contributed by atoms with van der Waals surface area (Å²) in [5.74, 6) is -0.964. The predicted molar refractivity (Wildman–Crippen MR) is 73.9 cm³/mol. The van der Waals surface area contributed by atoms with Gasteiger partial charge in [-0.3, -0.25) is 9.59 Å². The van der Waals surface area contributed by atoms with Gasteiger partial charge in [0, 0.05) is 12.1 Å². The van der Waals surface area contributed by atoms with Crippen molar-refractivity contribution in [3.05, 3.63) is 0 Å². The summed E-state index contributed by atoms with van der Waals surface area (Å²) >= 11 is 0. The van der Waals surface area contributed by atoms with Gasteiger partial charge in [0.1, 0.15) is 0 Å². The van der Waals surface area contributed by atoms with E-state index in [1.54, 1.807) is 6.92 Å². The van der Waals surface area contributed by atoms with Gasteiger partial charge < -0.3 is 15.7 Å². The summed E-state index contributed by atoms with van der Waals surface area (Å²) in [5, 5.41) is 15.0. The molecule has 0 bridgehead atoms. The van der Waals surface area contributed by atoms with Gasteiger partial charge in [-0.1, -0.05) is 13.3 Å². The van der Waals surface area contributed by atoms with Crippen molar-refractivity contribution >= 4 is 11.9 Å². The van der Waals surface area contributed by atoms with Gasteiger partial charge in [-0.05, 0) is 39.5 Å². The average molecular weight is 270 g/mol. The molecule has 0 aromatic heterocycles. The van der Waals surface area contributed by atoms with Crippen LogP contribution in [0.4, 0.5) is 0 Å². The van der Waals surface area contributed by atoms with Gasteiger partial charge in [0.15, 0.2) is 0 Å². The number of amides is 1. The third-order valence-electron chi connectivity index (χ3n) is 3.55. The quantitative estimate of drug-likeness (QED) is 0.593. The number of aliphatic carboxylic acids is 1. The van der Waals surface area contributed by atoms with Crippen molar-refractivity contribution in [2.45, 2.75) is 71.0 Å². The molecule has 3 atom stereocenters. The Morgan fingerprint density at radius 3 is 2.37 bits per heavy atom. The molecular formula is C14H26N2O3. The van der Waals surface area contributed by atoms with E-state index in [0.29, 0.717) is 12.5 Å². The molecule has 0 aromatic rings. The van der Waals surface area contributed by atoms with Crippen LogP contribution >= 0.6 is 0 Å². The fourth-order valence-corrected chi connectivity index (χ4v) is 1.99. The highest BCUT2D eigenvalue weighted by molar-refractivity contribution is 5.81. The normalized spacial score (nSPS) is 19.5. The van der Waals surface area contributed by atoms with Crippen LogP contribution < -0.4 is 10.6 Å². The molecule has 0 radical (unpaired) electrons. The third kappa shape index (κ3) is 6.57. The zero-order valence-electron chi connectivity index (χ0n) is 12.1. The van der Waals surface area contributed by atoms with Crippen LogP contribution in [0.5, 0.6) is 0 Å². The highest BCUT2D eigenvalue weighted by Crippen LogP contribution is 2.18. The molecule has 5 nitrogen and oxygen atoms in total. The SMILES string of the molecule is CC(CCCC(C)C(=O)O)NC(C)C(=O)NC1CC1. The summed E-state index contributed by atoms with van der Waals surface area (Å²) in [7, 11) is 0. The van der Waals surface area contributed by atoms with Gasteiger partial charge in [0.2, 0.25) is 5.91 Å². The summed E-state index contributed by atoms with van der Waals surface area (Å²) in [5.41, 5.74) is 0. The maximum Gasteiger partial charge on any atom is 0.306 e. The van der Waals surface area contributed by atoms with Crippen LogP contribution in [0.2, 0.25) is 0 Å². The lowest BCUT2D eigenvalue weighted by molar-refractivity contribution is -0.141. The Morgan fingerprint density at radius 2 is 1.84 bits per heavy atom. The van der Waals surface area contributed by atoms with Crippen molar-refractivity contribution in [3.63, 3.8) is 0 Å². The smallest absolute Gasteiger partial charge is 0.306 e. The van der Waals surface area contributed by atoms with Crippen LogP contribution in [0.3, 0.4) is 0 Å². The van der Waals surface area contributed by atoms with E-state index >= 15 is 0 Å². The van der Waals surface area contributed by atoms with Gasteiger partial charge in [0.25, 0.3) is 0 Å². The van der Waals surface area contributed by atoms with Crippen LogP contribution in [0, 0.1) is 5.92 Å². The molecule has 0 aromatic carbocycles. The molecule has 1 aliphatic rings. The molecule has 110 valence electrons. The minimum Gasteiger partial charge on any atom is -0.481 e. The Kier molecular flexibility index (Phi) is 6.28. The average Bonchev–Trinajstić information content (AvgIpc) is 3.12. The lowest BCUT2D eigenvalue weighted by atomic mass is 10.0. The van der Waals surface area contributed by atoms with Gasteiger partial charge >= 0.3 is 5.97 Å². The summed E-state index contributed by atoms with van der Waals surface area (Å²) in [6.45, 7) is 5.63. The molecule has 1 rings (SSSR count). The Bertz CT molecular complexity index is 316. The van der Waals surface area contributed by atoms with E-state index in [9.17, 15) is 9.59 Å².